The Morgan fingerprint density at radius 2 is 1.86 bits per heavy atom. The molecule has 0 aliphatic heterocycles. The Bertz CT molecular complexity index is 756. The average Bonchev–Trinajstić information content (AvgIpc) is 2.88. The van der Waals surface area contributed by atoms with Crippen LogP contribution in [-0.2, 0) is 13.1 Å². The van der Waals surface area contributed by atoms with E-state index in [2.05, 4.69) is 15.5 Å². The number of fused-ring (bicyclic) bond motifs is 1. The van der Waals surface area contributed by atoms with Crippen molar-refractivity contribution in [2.45, 2.75) is 26.9 Å². The first-order chi connectivity index (χ1) is 10.1. The van der Waals surface area contributed by atoms with Crippen LogP contribution >= 0.6 is 0 Å². The molecule has 2 aromatic heterocycles. The Hall–Kier alpha value is -2.40. The molecule has 0 spiro atoms. The number of hydrogen-bond donors (Lipinski definition) is 2. The second-order valence-corrected chi connectivity index (χ2v) is 5.23. The first-order valence-corrected chi connectivity index (χ1v) is 6.93. The van der Waals surface area contributed by atoms with Crippen LogP contribution in [0.15, 0.2) is 36.5 Å². The van der Waals surface area contributed by atoms with Gasteiger partial charge in [0, 0.05) is 12.7 Å². The molecule has 21 heavy (non-hydrogen) atoms. The number of aromatic nitrogens is 3. The summed E-state index contributed by atoms with van der Waals surface area (Å²) in [6.07, 6.45) is 1.96. The SMILES string of the molecule is Cc1cc(CNCc2nnc3ccccn23)cc(C)c1O. The zero-order chi connectivity index (χ0) is 14.8. The standard InChI is InChI=1S/C16H18N4O/c1-11-7-13(8-12(2)16(11)21)9-17-10-15-19-18-14-5-3-4-6-20(14)15/h3-8,17,21H,9-10H2,1-2H3. The van der Waals surface area contributed by atoms with Crippen molar-refractivity contribution in [3.05, 3.63) is 59.0 Å². The number of pyridine rings is 1. The van der Waals surface area contributed by atoms with E-state index in [0.717, 1.165) is 34.7 Å². The lowest BCUT2D eigenvalue weighted by Crippen LogP contribution is -2.15. The molecule has 1 aromatic carbocycles. The summed E-state index contributed by atoms with van der Waals surface area (Å²) in [6.45, 7) is 5.20. The fourth-order valence-electron chi connectivity index (χ4n) is 2.48. The van der Waals surface area contributed by atoms with Crippen LogP contribution in [0.5, 0.6) is 5.75 Å². The smallest absolute Gasteiger partial charge is 0.160 e. The largest absolute Gasteiger partial charge is 0.507 e. The topological polar surface area (TPSA) is 62.5 Å². The maximum atomic E-state index is 9.78. The summed E-state index contributed by atoms with van der Waals surface area (Å²) < 4.78 is 1.97. The van der Waals surface area contributed by atoms with Crippen LogP contribution in [0.25, 0.3) is 5.65 Å². The Morgan fingerprint density at radius 3 is 2.62 bits per heavy atom. The van der Waals surface area contributed by atoms with Crippen LogP contribution in [0.1, 0.15) is 22.5 Å². The summed E-state index contributed by atoms with van der Waals surface area (Å²) >= 11 is 0. The van der Waals surface area contributed by atoms with Crippen LogP contribution in [-0.4, -0.2) is 19.7 Å². The summed E-state index contributed by atoms with van der Waals surface area (Å²) in [5.41, 5.74) is 3.81. The van der Waals surface area contributed by atoms with Gasteiger partial charge >= 0.3 is 0 Å². The lowest BCUT2D eigenvalue weighted by molar-refractivity contribution is 0.466. The van der Waals surface area contributed by atoms with Crippen LogP contribution in [0.4, 0.5) is 0 Å². The second-order valence-electron chi connectivity index (χ2n) is 5.23. The summed E-state index contributed by atoms with van der Waals surface area (Å²) in [6, 6.07) is 9.84. The predicted molar refractivity (Wildman–Crippen MR) is 81.1 cm³/mol. The molecule has 0 aliphatic rings. The number of hydrogen-bond acceptors (Lipinski definition) is 4. The fraction of sp³-hybridized carbons (Fsp3) is 0.250. The van der Waals surface area contributed by atoms with Gasteiger partial charge < -0.3 is 10.4 Å². The highest BCUT2D eigenvalue weighted by Crippen LogP contribution is 2.22. The Labute approximate surface area is 123 Å². The lowest BCUT2D eigenvalue weighted by Gasteiger charge is -2.08. The van der Waals surface area contributed by atoms with Gasteiger partial charge in [0.25, 0.3) is 0 Å². The van der Waals surface area contributed by atoms with Gasteiger partial charge in [0.15, 0.2) is 11.5 Å². The highest BCUT2D eigenvalue weighted by molar-refractivity contribution is 5.42. The molecule has 3 aromatic rings. The maximum Gasteiger partial charge on any atom is 0.160 e. The van der Waals surface area contributed by atoms with Gasteiger partial charge in [-0.2, -0.15) is 0 Å². The molecule has 2 heterocycles. The third kappa shape index (κ3) is 2.73. The molecule has 0 atom stereocenters. The second kappa shape index (κ2) is 5.54. The van der Waals surface area contributed by atoms with E-state index in [0.29, 0.717) is 12.3 Å². The Morgan fingerprint density at radius 1 is 1.10 bits per heavy atom. The number of aromatic hydroxyl groups is 1. The summed E-state index contributed by atoms with van der Waals surface area (Å²) in [5.74, 6) is 1.26. The van der Waals surface area contributed by atoms with Crippen LogP contribution in [0.3, 0.4) is 0 Å². The van der Waals surface area contributed by atoms with Gasteiger partial charge in [-0.3, -0.25) is 4.40 Å². The van der Waals surface area contributed by atoms with Crippen molar-refractivity contribution in [2.75, 3.05) is 0 Å². The van der Waals surface area contributed by atoms with E-state index in [1.54, 1.807) is 0 Å². The normalized spacial score (nSPS) is 11.1. The number of phenolic OH excluding ortho intramolecular Hbond substituents is 1. The van der Waals surface area contributed by atoms with E-state index in [4.69, 9.17) is 0 Å². The van der Waals surface area contributed by atoms with Gasteiger partial charge in [0.05, 0.1) is 6.54 Å². The third-order valence-electron chi connectivity index (χ3n) is 3.55. The minimum Gasteiger partial charge on any atom is -0.507 e. The first-order valence-electron chi connectivity index (χ1n) is 6.93. The molecule has 3 rings (SSSR count). The molecule has 0 bridgehead atoms. The van der Waals surface area contributed by atoms with E-state index in [-0.39, 0.29) is 0 Å². The molecule has 0 unspecified atom stereocenters. The molecular weight excluding hydrogens is 264 g/mol. The molecule has 5 nitrogen and oxygen atoms in total. The molecule has 108 valence electrons. The molecule has 0 aliphatic carbocycles. The molecule has 0 saturated heterocycles. The summed E-state index contributed by atoms with van der Waals surface area (Å²) in [7, 11) is 0. The van der Waals surface area contributed by atoms with E-state index < -0.39 is 0 Å². The van der Waals surface area contributed by atoms with E-state index in [1.165, 1.54) is 0 Å². The van der Waals surface area contributed by atoms with Crippen LogP contribution < -0.4 is 5.32 Å². The third-order valence-corrected chi connectivity index (χ3v) is 3.55. The van der Waals surface area contributed by atoms with E-state index in [9.17, 15) is 5.11 Å². The fourth-order valence-corrected chi connectivity index (χ4v) is 2.48. The van der Waals surface area contributed by atoms with Crippen molar-refractivity contribution in [3.8, 4) is 5.75 Å². The van der Waals surface area contributed by atoms with Gasteiger partial charge in [-0.05, 0) is 42.7 Å². The highest BCUT2D eigenvalue weighted by Gasteiger charge is 2.06. The monoisotopic (exact) mass is 282 g/mol. The van der Waals surface area contributed by atoms with Crippen molar-refractivity contribution < 1.29 is 5.11 Å². The molecule has 2 N–H and O–H groups in total. The highest BCUT2D eigenvalue weighted by atomic mass is 16.3. The molecule has 0 fully saturated rings. The summed E-state index contributed by atoms with van der Waals surface area (Å²) in [5, 5.41) is 21.5. The number of phenols is 1. The van der Waals surface area contributed by atoms with Crippen molar-refractivity contribution in [1.82, 2.24) is 19.9 Å². The van der Waals surface area contributed by atoms with Gasteiger partial charge in [-0.25, -0.2) is 0 Å². The van der Waals surface area contributed by atoms with Crippen molar-refractivity contribution >= 4 is 5.65 Å². The number of nitrogens with one attached hydrogen (secondary N) is 1. The van der Waals surface area contributed by atoms with E-state index >= 15 is 0 Å². The van der Waals surface area contributed by atoms with Gasteiger partial charge in [0.1, 0.15) is 5.75 Å². The first kappa shape index (κ1) is 13.6. The molecule has 5 heteroatoms. The maximum absolute atomic E-state index is 9.78. The molecule has 0 radical (unpaired) electrons. The number of rotatable bonds is 4. The molecule has 0 amide bonds. The quantitative estimate of drug-likeness (QED) is 0.771. The Balaban J connectivity index is 1.69. The van der Waals surface area contributed by atoms with Crippen molar-refractivity contribution in [2.24, 2.45) is 0 Å². The number of nitrogens with zero attached hydrogens (tertiary/aromatic N) is 3. The lowest BCUT2D eigenvalue weighted by atomic mass is 10.1. The number of benzene rings is 1. The summed E-state index contributed by atoms with van der Waals surface area (Å²) in [4.78, 5) is 0. The van der Waals surface area contributed by atoms with Crippen molar-refractivity contribution in [1.29, 1.82) is 0 Å². The van der Waals surface area contributed by atoms with Gasteiger partial charge in [-0.15, -0.1) is 10.2 Å². The zero-order valence-electron chi connectivity index (χ0n) is 12.2. The predicted octanol–water partition coefficient (Wildman–Crippen LogP) is 2.34. The minimum absolute atomic E-state index is 0.377. The van der Waals surface area contributed by atoms with Crippen LogP contribution in [0, 0.1) is 13.8 Å². The Kier molecular flexibility index (Phi) is 3.58. The van der Waals surface area contributed by atoms with E-state index in [1.807, 2.05) is 54.8 Å². The molecular formula is C16H18N4O. The van der Waals surface area contributed by atoms with Crippen LogP contribution in [0.2, 0.25) is 0 Å². The van der Waals surface area contributed by atoms with Gasteiger partial charge in [-0.1, -0.05) is 18.2 Å². The minimum atomic E-state index is 0.377. The van der Waals surface area contributed by atoms with Gasteiger partial charge in [0.2, 0.25) is 0 Å². The molecule has 0 saturated carbocycles. The number of aryl methyl sites for hydroxylation is 2. The average molecular weight is 282 g/mol. The van der Waals surface area contributed by atoms with Crippen molar-refractivity contribution in [3.63, 3.8) is 0 Å². The zero-order valence-corrected chi connectivity index (χ0v) is 12.2.